The minimum absolute atomic E-state index is 0.895. The lowest BCUT2D eigenvalue weighted by atomic mass is 9.84. The summed E-state index contributed by atoms with van der Waals surface area (Å²) in [5, 5.41) is 3.67. The zero-order chi connectivity index (χ0) is 23.6. The second-order valence-electron chi connectivity index (χ2n) is 8.40. The maximum absolute atomic E-state index is 4.80. The topological polar surface area (TPSA) is 33.1 Å². The smallest absolute Gasteiger partial charge is 0.338 e. The van der Waals surface area contributed by atoms with Gasteiger partial charge < -0.3 is 14.7 Å². The van der Waals surface area contributed by atoms with Gasteiger partial charge in [-0.3, -0.25) is 0 Å². The third-order valence-electron chi connectivity index (χ3n) is 6.29. The minimum Gasteiger partial charge on any atom is -0.379 e. The lowest BCUT2D eigenvalue weighted by molar-refractivity contribution is 1.08. The van der Waals surface area contributed by atoms with Crippen LogP contribution < -0.4 is 15.9 Å². The Balaban J connectivity index is 1.43. The Hall–Kier alpha value is -4.51. The van der Waals surface area contributed by atoms with Gasteiger partial charge in [-0.25, -0.2) is 4.98 Å². The van der Waals surface area contributed by atoms with Crippen molar-refractivity contribution in [1.82, 2.24) is 9.55 Å². The molecular weight excluding hydrogens is 427 g/mol. The van der Waals surface area contributed by atoms with E-state index in [9.17, 15) is 0 Å². The maximum atomic E-state index is 4.80. The number of rotatable bonds is 5. The molecule has 1 aliphatic heterocycles. The summed E-state index contributed by atoms with van der Waals surface area (Å²) in [6.07, 6.45) is 4.07. The highest BCUT2D eigenvalue weighted by Crippen LogP contribution is 2.39. The summed E-state index contributed by atoms with van der Waals surface area (Å²) >= 11 is 0. The number of imidazole rings is 1. The molecule has 35 heavy (non-hydrogen) atoms. The van der Waals surface area contributed by atoms with E-state index in [-0.39, 0.29) is 0 Å². The molecule has 5 aromatic rings. The number of hydrogen-bond donors (Lipinski definition) is 1. The average Bonchev–Trinajstić information content (AvgIpc) is 3.37. The van der Waals surface area contributed by atoms with Crippen molar-refractivity contribution in [3.05, 3.63) is 127 Å². The van der Waals surface area contributed by atoms with E-state index in [2.05, 4.69) is 132 Å². The van der Waals surface area contributed by atoms with Crippen LogP contribution in [0.5, 0.6) is 0 Å². The highest BCUT2D eigenvalue weighted by Gasteiger charge is 2.29. The molecular formula is C30H24BN4. The molecule has 6 rings (SSSR count). The van der Waals surface area contributed by atoms with Crippen molar-refractivity contribution in [2.75, 3.05) is 10.1 Å². The van der Waals surface area contributed by atoms with Gasteiger partial charge in [0, 0.05) is 11.3 Å². The zero-order valence-electron chi connectivity index (χ0n) is 19.5. The molecule has 1 radical (unpaired) electrons. The van der Waals surface area contributed by atoms with Crippen molar-refractivity contribution in [2.24, 2.45) is 0 Å². The summed E-state index contributed by atoms with van der Waals surface area (Å²) in [4.78, 5) is 7.03. The minimum atomic E-state index is 0.895. The molecule has 0 saturated carbocycles. The van der Waals surface area contributed by atoms with Crippen LogP contribution >= 0.6 is 0 Å². The van der Waals surface area contributed by atoms with Crippen molar-refractivity contribution in [2.45, 2.75) is 6.92 Å². The van der Waals surface area contributed by atoms with E-state index < -0.39 is 0 Å². The summed E-state index contributed by atoms with van der Waals surface area (Å²) in [6.45, 7) is 2.06. The molecule has 2 heterocycles. The van der Waals surface area contributed by atoms with Gasteiger partial charge in [0.1, 0.15) is 0 Å². The first kappa shape index (κ1) is 21.1. The van der Waals surface area contributed by atoms with Gasteiger partial charge in [-0.15, -0.1) is 0 Å². The number of nitrogens with zero attached hydrogens (tertiary/aromatic N) is 3. The Kier molecular flexibility index (Phi) is 5.43. The van der Waals surface area contributed by atoms with Crippen molar-refractivity contribution < 1.29 is 0 Å². The largest absolute Gasteiger partial charge is 0.379 e. The van der Waals surface area contributed by atoms with Crippen LogP contribution in [0.25, 0.3) is 22.6 Å². The number of hydrogen-bond acceptors (Lipinski definition) is 3. The van der Waals surface area contributed by atoms with Crippen LogP contribution in [0.2, 0.25) is 0 Å². The number of nitrogens with one attached hydrogen (secondary N) is 1. The van der Waals surface area contributed by atoms with Gasteiger partial charge in [-0.2, -0.15) is 0 Å². The van der Waals surface area contributed by atoms with E-state index in [4.69, 9.17) is 4.98 Å². The third-order valence-corrected chi connectivity index (χ3v) is 6.29. The summed E-state index contributed by atoms with van der Waals surface area (Å²) in [7, 11) is 2.12. The van der Waals surface area contributed by atoms with Gasteiger partial charge in [0.25, 0.3) is 0 Å². The Morgan fingerprint density at radius 2 is 1.37 bits per heavy atom. The van der Waals surface area contributed by atoms with Gasteiger partial charge in [0.15, 0.2) is 0 Å². The molecule has 4 aromatic carbocycles. The van der Waals surface area contributed by atoms with Crippen LogP contribution in [0.4, 0.5) is 17.1 Å². The van der Waals surface area contributed by atoms with E-state index in [1.807, 2.05) is 18.3 Å². The van der Waals surface area contributed by atoms with E-state index in [0.717, 1.165) is 51.0 Å². The van der Waals surface area contributed by atoms with Gasteiger partial charge in [-0.1, -0.05) is 91.0 Å². The molecule has 0 saturated heterocycles. The summed E-state index contributed by atoms with van der Waals surface area (Å²) < 4.78 is 2.23. The fourth-order valence-corrected chi connectivity index (χ4v) is 4.63. The normalized spacial score (nSPS) is 12.5. The Bertz CT molecular complexity index is 1510. The van der Waals surface area contributed by atoms with Crippen LogP contribution in [0.3, 0.4) is 0 Å². The summed E-state index contributed by atoms with van der Waals surface area (Å²) in [5.74, 6) is 0. The highest BCUT2D eigenvalue weighted by molar-refractivity contribution is 6.59. The first-order chi connectivity index (χ1) is 17.3. The Labute approximate surface area is 206 Å². The number of para-hydroxylation sites is 4. The standard InChI is InChI=1S/C30H24BN4/c1-2-24(22-13-5-3-6-14-22)33-25-17-9-10-18-26(25)35-28-20-12-11-19-27(28)34-29(21-32-30(34)31-35)23-15-7-4-8-16-23/h2-21,33H,1H3/b24-2-. The van der Waals surface area contributed by atoms with Gasteiger partial charge in [0.2, 0.25) is 0 Å². The molecule has 0 amide bonds. The number of fused-ring (bicyclic) bond motifs is 3. The summed E-state index contributed by atoms with van der Waals surface area (Å²) in [5.41, 5.74) is 9.63. The van der Waals surface area contributed by atoms with Crippen LogP contribution in [0.1, 0.15) is 12.5 Å². The predicted octanol–water partition coefficient (Wildman–Crippen LogP) is 6.41. The first-order valence-electron chi connectivity index (χ1n) is 11.8. The van der Waals surface area contributed by atoms with E-state index in [1.165, 1.54) is 0 Å². The SMILES string of the molecule is C/C=C(\Nc1ccccc1N1[B]c2ncc(-c3ccccc3)n2-c2ccccc21)c1ccccc1. The van der Waals surface area contributed by atoms with E-state index in [0.29, 0.717) is 0 Å². The molecule has 1 aromatic heterocycles. The molecule has 0 fully saturated rings. The average molecular weight is 451 g/mol. The van der Waals surface area contributed by atoms with Crippen LogP contribution in [-0.4, -0.2) is 17.0 Å². The van der Waals surface area contributed by atoms with Crippen LogP contribution in [-0.2, 0) is 0 Å². The zero-order valence-corrected chi connectivity index (χ0v) is 19.5. The Morgan fingerprint density at radius 3 is 2.11 bits per heavy atom. The van der Waals surface area contributed by atoms with Gasteiger partial charge in [0.05, 0.1) is 40.4 Å². The van der Waals surface area contributed by atoms with Crippen molar-refractivity contribution in [1.29, 1.82) is 0 Å². The van der Waals surface area contributed by atoms with Crippen LogP contribution in [0, 0.1) is 0 Å². The fourth-order valence-electron chi connectivity index (χ4n) is 4.63. The summed E-state index contributed by atoms with van der Waals surface area (Å²) in [6, 6.07) is 37.7. The molecule has 0 bridgehead atoms. The van der Waals surface area contributed by atoms with E-state index >= 15 is 0 Å². The molecule has 4 nitrogen and oxygen atoms in total. The van der Waals surface area contributed by atoms with Gasteiger partial charge in [-0.05, 0) is 36.8 Å². The number of anilines is 3. The monoisotopic (exact) mass is 451 g/mol. The Morgan fingerprint density at radius 1 is 0.743 bits per heavy atom. The van der Waals surface area contributed by atoms with Crippen molar-refractivity contribution in [3.8, 4) is 16.9 Å². The molecule has 5 heteroatoms. The molecule has 0 aliphatic carbocycles. The second kappa shape index (κ2) is 9.03. The van der Waals surface area contributed by atoms with E-state index in [1.54, 1.807) is 0 Å². The number of benzene rings is 4. The number of aromatic nitrogens is 2. The lowest BCUT2D eigenvalue weighted by Gasteiger charge is -2.33. The van der Waals surface area contributed by atoms with Crippen molar-refractivity contribution >= 4 is 35.9 Å². The molecule has 1 aliphatic rings. The quantitative estimate of drug-likeness (QED) is 0.314. The molecule has 0 atom stereocenters. The maximum Gasteiger partial charge on any atom is 0.338 e. The first-order valence-corrected chi connectivity index (χ1v) is 11.8. The molecule has 1 N–H and O–H groups in total. The molecule has 0 unspecified atom stereocenters. The lowest BCUT2D eigenvalue weighted by Crippen LogP contribution is -2.42. The number of allylic oxidation sites excluding steroid dienone is 1. The van der Waals surface area contributed by atoms with Crippen molar-refractivity contribution in [3.63, 3.8) is 0 Å². The highest BCUT2D eigenvalue weighted by atomic mass is 15.2. The molecule has 0 spiro atoms. The predicted molar refractivity (Wildman–Crippen MR) is 147 cm³/mol. The second-order valence-corrected chi connectivity index (χ2v) is 8.40. The molecule has 167 valence electrons. The van der Waals surface area contributed by atoms with Gasteiger partial charge >= 0.3 is 7.41 Å². The fraction of sp³-hybridized carbons (Fsp3) is 0.0333. The third kappa shape index (κ3) is 3.81. The van der Waals surface area contributed by atoms with Crippen LogP contribution in [0.15, 0.2) is 121 Å².